The van der Waals surface area contributed by atoms with Crippen molar-refractivity contribution in [3.8, 4) is 0 Å². The van der Waals surface area contributed by atoms with Crippen LogP contribution in [0, 0.1) is 0 Å². The summed E-state index contributed by atoms with van der Waals surface area (Å²) in [5, 5.41) is 9.35. The average molecular weight is 260 g/mol. The minimum absolute atomic E-state index is 0.613. The van der Waals surface area contributed by atoms with Crippen LogP contribution in [0.15, 0.2) is 0 Å². The highest BCUT2D eigenvalue weighted by molar-refractivity contribution is 5.77. The SMILES string of the molecule is CC1(C)O[C@@H]2O[C@@]3(C(=O)O)OC(C)(C)O[C@H]3[C@@H]2O1. The highest BCUT2D eigenvalue weighted by Crippen LogP contribution is 2.50. The molecule has 7 nitrogen and oxygen atoms in total. The van der Waals surface area contributed by atoms with E-state index in [0.717, 1.165) is 0 Å². The minimum atomic E-state index is -1.85. The molecule has 102 valence electrons. The van der Waals surface area contributed by atoms with Gasteiger partial charge in [0.05, 0.1) is 0 Å². The molecular weight excluding hydrogens is 244 g/mol. The number of ether oxygens (including phenoxy) is 5. The fourth-order valence-corrected chi connectivity index (χ4v) is 2.65. The first-order valence-electron chi connectivity index (χ1n) is 5.80. The first-order valence-corrected chi connectivity index (χ1v) is 5.80. The van der Waals surface area contributed by atoms with Crippen molar-refractivity contribution in [3.63, 3.8) is 0 Å². The number of rotatable bonds is 1. The summed E-state index contributed by atoms with van der Waals surface area (Å²) in [7, 11) is 0. The van der Waals surface area contributed by atoms with Gasteiger partial charge in [0, 0.05) is 0 Å². The van der Waals surface area contributed by atoms with Crippen LogP contribution >= 0.6 is 0 Å². The van der Waals surface area contributed by atoms with E-state index >= 15 is 0 Å². The maximum absolute atomic E-state index is 11.4. The van der Waals surface area contributed by atoms with Gasteiger partial charge >= 0.3 is 11.8 Å². The van der Waals surface area contributed by atoms with Crippen LogP contribution in [0.2, 0.25) is 0 Å². The van der Waals surface area contributed by atoms with Crippen LogP contribution in [0.3, 0.4) is 0 Å². The monoisotopic (exact) mass is 260 g/mol. The summed E-state index contributed by atoms with van der Waals surface area (Å²) in [5.41, 5.74) is 0. The molecule has 0 amide bonds. The Hall–Kier alpha value is -0.730. The number of hydrogen-bond donors (Lipinski definition) is 1. The molecule has 7 heteroatoms. The molecule has 0 aromatic rings. The number of aliphatic carboxylic acids is 1. The van der Waals surface area contributed by atoms with E-state index in [-0.39, 0.29) is 0 Å². The van der Waals surface area contributed by atoms with Crippen molar-refractivity contribution >= 4 is 5.97 Å². The van der Waals surface area contributed by atoms with Gasteiger partial charge in [-0.2, -0.15) is 0 Å². The van der Waals surface area contributed by atoms with Crippen LogP contribution in [-0.4, -0.2) is 46.9 Å². The lowest BCUT2D eigenvalue weighted by Gasteiger charge is -2.26. The van der Waals surface area contributed by atoms with Gasteiger partial charge in [0.15, 0.2) is 24.0 Å². The first kappa shape index (κ1) is 12.3. The molecular formula is C11H16O7. The summed E-state index contributed by atoms with van der Waals surface area (Å²) >= 11 is 0. The number of hydrogen-bond acceptors (Lipinski definition) is 6. The molecule has 0 saturated carbocycles. The molecule has 3 heterocycles. The summed E-state index contributed by atoms with van der Waals surface area (Å²) in [5.74, 6) is -4.95. The molecule has 0 spiro atoms. The maximum Gasteiger partial charge on any atom is 0.367 e. The van der Waals surface area contributed by atoms with E-state index in [0.29, 0.717) is 0 Å². The number of carboxylic acids is 1. The highest BCUT2D eigenvalue weighted by atomic mass is 16.9. The van der Waals surface area contributed by atoms with Gasteiger partial charge in [-0.25, -0.2) is 4.79 Å². The summed E-state index contributed by atoms with van der Waals surface area (Å²) < 4.78 is 27.6. The van der Waals surface area contributed by atoms with E-state index in [9.17, 15) is 9.90 Å². The molecule has 0 aliphatic carbocycles. The summed E-state index contributed by atoms with van der Waals surface area (Å²) in [6.07, 6.45) is -2.26. The van der Waals surface area contributed by atoms with Crippen molar-refractivity contribution < 1.29 is 33.6 Å². The van der Waals surface area contributed by atoms with Crippen molar-refractivity contribution in [1.82, 2.24) is 0 Å². The zero-order valence-electron chi connectivity index (χ0n) is 10.6. The quantitative estimate of drug-likeness (QED) is 0.731. The van der Waals surface area contributed by atoms with Crippen LogP contribution in [-0.2, 0) is 28.5 Å². The largest absolute Gasteiger partial charge is 0.477 e. The van der Waals surface area contributed by atoms with Gasteiger partial charge in [-0.1, -0.05) is 0 Å². The Morgan fingerprint density at radius 2 is 1.67 bits per heavy atom. The molecule has 0 unspecified atom stereocenters. The van der Waals surface area contributed by atoms with E-state index in [1.165, 1.54) is 0 Å². The fourth-order valence-electron chi connectivity index (χ4n) is 2.65. The van der Waals surface area contributed by atoms with Gasteiger partial charge in [-0.3, -0.25) is 0 Å². The molecule has 1 N–H and O–H groups in total. The minimum Gasteiger partial charge on any atom is -0.477 e. The summed E-state index contributed by atoms with van der Waals surface area (Å²) in [6.45, 7) is 6.74. The van der Waals surface area contributed by atoms with E-state index in [2.05, 4.69) is 0 Å². The molecule has 4 atom stereocenters. The maximum atomic E-state index is 11.4. The number of carbonyl (C=O) groups is 1. The Kier molecular flexibility index (Phi) is 2.21. The number of carboxylic acid groups (broad SMARTS) is 1. The highest BCUT2D eigenvalue weighted by Gasteiger charge is 2.73. The van der Waals surface area contributed by atoms with Crippen molar-refractivity contribution in [2.45, 2.75) is 63.6 Å². The van der Waals surface area contributed by atoms with Crippen LogP contribution < -0.4 is 0 Å². The van der Waals surface area contributed by atoms with E-state index in [4.69, 9.17) is 23.7 Å². The van der Waals surface area contributed by atoms with Gasteiger partial charge < -0.3 is 28.8 Å². The van der Waals surface area contributed by atoms with Gasteiger partial charge in [-0.05, 0) is 27.7 Å². The Morgan fingerprint density at radius 3 is 2.28 bits per heavy atom. The molecule has 0 aromatic heterocycles. The Bertz CT molecular complexity index is 404. The van der Waals surface area contributed by atoms with Crippen LogP contribution in [0.4, 0.5) is 0 Å². The lowest BCUT2D eigenvalue weighted by atomic mass is 10.1. The van der Waals surface area contributed by atoms with Gasteiger partial charge in [0.2, 0.25) is 0 Å². The predicted octanol–water partition coefficient (Wildman–Crippen LogP) is 0.427. The molecule has 0 bridgehead atoms. The van der Waals surface area contributed by atoms with E-state index in [1.807, 2.05) is 0 Å². The molecule has 3 rings (SSSR count). The first-order chi connectivity index (χ1) is 8.15. The van der Waals surface area contributed by atoms with Gasteiger partial charge in [0.1, 0.15) is 6.10 Å². The van der Waals surface area contributed by atoms with Gasteiger partial charge in [0.25, 0.3) is 0 Å². The second kappa shape index (κ2) is 3.23. The Morgan fingerprint density at radius 1 is 1.00 bits per heavy atom. The molecule has 3 saturated heterocycles. The third-order valence-corrected chi connectivity index (χ3v) is 3.16. The average Bonchev–Trinajstić information content (AvgIpc) is 2.68. The lowest BCUT2D eigenvalue weighted by molar-refractivity contribution is -0.299. The third kappa shape index (κ3) is 1.52. The van der Waals surface area contributed by atoms with Crippen LogP contribution in [0.1, 0.15) is 27.7 Å². The lowest BCUT2D eigenvalue weighted by Crippen LogP contribution is -2.49. The summed E-state index contributed by atoms with van der Waals surface area (Å²) in [6, 6.07) is 0. The smallest absolute Gasteiger partial charge is 0.367 e. The predicted molar refractivity (Wildman–Crippen MR) is 55.3 cm³/mol. The molecule has 0 radical (unpaired) electrons. The summed E-state index contributed by atoms with van der Waals surface area (Å²) in [4.78, 5) is 11.4. The fraction of sp³-hybridized carbons (Fsp3) is 0.909. The molecule has 3 aliphatic rings. The zero-order valence-corrected chi connectivity index (χ0v) is 10.6. The molecule has 18 heavy (non-hydrogen) atoms. The molecule has 3 fully saturated rings. The van der Waals surface area contributed by atoms with Crippen molar-refractivity contribution in [2.24, 2.45) is 0 Å². The third-order valence-electron chi connectivity index (χ3n) is 3.16. The second-order valence-electron chi connectivity index (χ2n) is 5.60. The topological polar surface area (TPSA) is 83.5 Å². The van der Waals surface area contributed by atoms with Crippen molar-refractivity contribution in [2.75, 3.05) is 0 Å². The normalized spacial score (nSPS) is 47.9. The van der Waals surface area contributed by atoms with E-state index in [1.54, 1.807) is 27.7 Å². The van der Waals surface area contributed by atoms with Gasteiger partial charge in [-0.15, -0.1) is 0 Å². The van der Waals surface area contributed by atoms with Crippen LogP contribution in [0.25, 0.3) is 0 Å². The molecule has 3 aliphatic heterocycles. The second-order valence-corrected chi connectivity index (χ2v) is 5.60. The zero-order chi connectivity index (χ0) is 13.3. The Labute approximate surface area is 104 Å². The van der Waals surface area contributed by atoms with Crippen LogP contribution in [0.5, 0.6) is 0 Å². The molecule has 0 aromatic carbocycles. The van der Waals surface area contributed by atoms with Crippen molar-refractivity contribution in [1.29, 1.82) is 0 Å². The Balaban J connectivity index is 1.95. The van der Waals surface area contributed by atoms with Crippen molar-refractivity contribution in [3.05, 3.63) is 0 Å². The van der Waals surface area contributed by atoms with E-state index < -0.39 is 41.8 Å². The number of fused-ring (bicyclic) bond motifs is 3. The standard InChI is InChI=1S/C11H16O7/c1-9(2)14-5-6-11(8(12)13,17-7(5)16-9)18-10(3,4)15-6/h5-7H,1-4H3,(H,12,13)/t5-,6-,7+,11+/m0/s1.